The Bertz CT molecular complexity index is 520. The Morgan fingerprint density at radius 1 is 1.17 bits per heavy atom. The van der Waals surface area contributed by atoms with E-state index in [1.54, 1.807) is 0 Å². The smallest absolute Gasteiger partial charge is 0.222 e. The van der Waals surface area contributed by atoms with Crippen LogP contribution in [-0.4, -0.2) is 35.1 Å². The number of piperidine rings is 1. The molecule has 1 amide bonds. The Morgan fingerprint density at radius 2 is 1.91 bits per heavy atom. The molecule has 130 valence electrons. The van der Waals surface area contributed by atoms with Crippen LogP contribution in [0.25, 0.3) is 0 Å². The van der Waals surface area contributed by atoms with E-state index in [2.05, 4.69) is 25.7 Å². The molecule has 8 atom stereocenters. The third-order valence-corrected chi connectivity index (χ3v) is 8.68. The molecular formula is C20H33NO2. The van der Waals surface area contributed by atoms with Crippen LogP contribution in [0, 0.1) is 34.5 Å². The minimum Gasteiger partial charge on any atom is -0.393 e. The molecule has 23 heavy (non-hydrogen) atoms. The van der Waals surface area contributed by atoms with Crippen LogP contribution in [0.2, 0.25) is 0 Å². The van der Waals surface area contributed by atoms with Gasteiger partial charge >= 0.3 is 0 Å². The molecule has 4 aliphatic rings. The zero-order valence-corrected chi connectivity index (χ0v) is 15.2. The average Bonchev–Trinajstić information content (AvgIpc) is 2.80. The first-order valence-electron chi connectivity index (χ1n) is 9.70. The van der Waals surface area contributed by atoms with E-state index in [0.717, 1.165) is 43.9 Å². The van der Waals surface area contributed by atoms with Crippen LogP contribution >= 0.6 is 0 Å². The molecule has 1 N–H and O–H groups in total. The van der Waals surface area contributed by atoms with Crippen LogP contribution in [0.4, 0.5) is 0 Å². The van der Waals surface area contributed by atoms with Gasteiger partial charge in [-0.1, -0.05) is 20.8 Å². The van der Waals surface area contributed by atoms with E-state index in [1.165, 1.54) is 12.8 Å². The van der Waals surface area contributed by atoms with E-state index in [9.17, 15) is 9.90 Å². The first-order valence-corrected chi connectivity index (χ1v) is 9.70. The van der Waals surface area contributed by atoms with Crippen LogP contribution < -0.4 is 0 Å². The quantitative estimate of drug-likeness (QED) is 0.743. The van der Waals surface area contributed by atoms with Crippen molar-refractivity contribution in [1.82, 2.24) is 4.90 Å². The number of rotatable bonds is 0. The fourth-order valence-electron chi connectivity index (χ4n) is 7.49. The number of aliphatic hydroxyl groups excluding tert-OH is 1. The fraction of sp³-hybridized carbons (Fsp3) is 0.950. The van der Waals surface area contributed by atoms with Gasteiger partial charge in [0.2, 0.25) is 5.91 Å². The zero-order chi connectivity index (χ0) is 16.6. The molecule has 0 spiro atoms. The maximum Gasteiger partial charge on any atom is 0.222 e. The predicted octanol–water partition coefficient (Wildman–Crippen LogP) is 3.46. The zero-order valence-electron chi connectivity index (χ0n) is 15.2. The Labute approximate surface area is 140 Å². The van der Waals surface area contributed by atoms with Gasteiger partial charge in [-0.15, -0.1) is 0 Å². The van der Waals surface area contributed by atoms with Crippen molar-refractivity contribution >= 4 is 5.91 Å². The Kier molecular flexibility index (Phi) is 3.44. The maximum atomic E-state index is 12.2. The molecule has 0 aromatic rings. The molecule has 0 bridgehead atoms. The van der Waals surface area contributed by atoms with Crippen molar-refractivity contribution in [1.29, 1.82) is 0 Å². The second kappa shape index (κ2) is 4.97. The molecule has 3 heteroatoms. The standard InChI is InChI=1S/C20H33NO2/c1-12-9-16-20(3,8-6-17(23)21(16)4)14-5-7-19(2)11-13(22)10-15(19)18(12)14/h12-16,18,22H,5-11H2,1-4H3/t12?,13-,14?,15?,16?,18?,19+,20+/m0/s1. The van der Waals surface area contributed by atoms with Gasteiger partial charge in [-0.05, 0) is 73.0 Å². The summed E-state index contributed by atoms with van der Waals surface area (Å²) in [6, 6.07) is 0.427. The molecule has 0 aromatic heterocycles. The Morgan fingerprint density at radius 3 is 2.65 bits per heavy atom. The highest BCUT2D eigenvalue weighted by molar-refractivity contribution is 5.77. The lowest BCUT2D eigenvalue weighted by Crippen LogP contribution is -2.62. The summed E-state index contributed by atoms with van der Waals surface area (Å²) in [5.41, 5.74) is 0.642. The van der Waals surface area contributed by atoms with E-state index >= 15 is 0 Å². The summed E-state index contributed by atoms with van der Waals surface area (Å²) in [4.78, 5) is 14.3. The number of hydrogen-bond acceptors (Lipinski definition) is 2. The molecule has 3 nitrogen and oxygen atoms in total. The molecule has 4 fully saturated rings. The van der Waals surface area contributed by atoms with Gasteiger partial charge in [0, 0.05) is 19.5 Å². The number of amides is 1. The monoisotopic (exact) mass is 319 g/mol. The highest BCUT2D eigenvalue weighted by Crippen LogP contribution is 2.65. The highest BCUT2D eigenvalue weighted by Gasteiger charge is 2.61. The molecule has 0 aromatic carbocycles. The lowest BCUT2D eigenvalue weighted by molar-refractivity contribution is -0.164. The fourth-order valence-corrected chi connectivity index (χ4v) is 7.49. The molecule has 4 rings (SSSR count). The first-order chi connectivity index (χ1) is 10.8. The third-order valence-electron chi connectivity index (χ3n) is 8.68. The van der Waals surface area contributed by atoms with E-state index in [4.69, 9.17) is 0 Å². The van der Waals surface area contributed by atoms with Crippen molar-refractivity contribution in [3.63, 3.8) is 0 Å². The minimum atomic E-state index is -0.0860. The topological polar surface area (TPSA) is 40.5 Å². The largest absolute Gasteiger partial charge is 0.393 e. The summed E-state index contributed by atoms with van der Waals surface area (Å²) in [6.45, 7) is 7.32. The van der Waals surface area contributed by atoms with Gasteiger partial charge < -0.3 is 10.0 Å². The van der Waals surface area contributed by atoms with Gasteiger partial charge in [0.15, 0.2) is 0 Å². The van der Waals surface area contributed by atoms with Crippen LogP contribution in [0.1, 0.15) is 65.7 Å². The predicted molar refractivity (Wildman–Crippen MR) is 90.7 cm³/mol. The number of hydrogen-bond donors (Lipinski definition) is 1. The SMILES string of the molecule is CC1CC2N(C)C(=O)CC[C@]2(C)C2CC[C@]3(C)C[C@@H](O)CC3C12. The van der Waals surface area contributed by atoms with E-state index in [-0.39, 0.29) is 11.5 Å². The lowest BCUT2D eigenvalue weighted by Gasteiger charge is -2.63. The van der Waals surface area contributed by atoms with Crippen molar-refractivity contribution in [2.75, 3.05) is 7.05 Å². The second-order valence-electron chi connectivity index (χ2n) is 9.82. The Hall–Kier alpha value is -0.570. The van der Waals surface area contributed by atoms with Crippen LogP contribution in [0.5, 0.6) is 0 Å². The van der Waals surface area contributed by atoms with Gasteiger partial charge in [-0.2, -0.15) is 0 Å². The van der Waals surface area contributed by atoms with E-state index in [1.807, 2.05) is 7.05 Å². The van der Waals surface area contributed by atoms with Crippen LogP contribution in [0.3, 0.4) is 0 Å². The number of aliphatic hydroxyl groups is 1. The summed E-state index contributed by atoms with van der Waals surface area (Å²) < 4.78 is 0. The number of carbonyl (C=O) groups is 1. The van der Waals surface area contributed by atoms with Crippen LogP contribution in [0.15, 0.2) is 0 Å². The van der Waals surface area contributed by atoms with Crippen molar-refractivity contribution < 1.29 is 9.90 Å². The van der Waals surface area contributed by atoms with E-state index < -0.39 is 0 Å². The molecule has 5 unspecified atom stereocenters. The summed E-state index contributed by atoms with van der Waals surface area (Å²) in [6.07, 6.45) is 7.45. The third kappa shape index (κ3) is 2.08. The van der Waals surface area contributed by atoms with Crippen LogP contribution in [-0.2, 0) is 4.79 Å². The van der Waals surface area contributed by atoms with Gasteiger partial charge in [0.05, 0.1) is 6.10 Å². The van der Waals surface area contributed by atoms with E-state index in [0.29, 0.717) is 29.2 Å². The molecular weight excluding hydrogens is 286 g/mol. The van der Waals surface area contributed by atoms with Gasteiger partial charge in [-0.3, -0.25) is 4.79 Å². The van der Waals surface area contributed by atoms with Crippen molar-refractivity contribution in [3.8, 4) is 0 Å². The lowest BCUT2D eigenvalue weighted by atomic mass is 9.45. The van der Waals surface area contributed by atoms with Gasteiger partial charge in [0.1, 0.15) is 0 Å². The molecule has 1 saturated heterocycles. The number of fused-ring (bicyclic) bond motifs is 5. The molecule has 3 aliphatic carbocycles. The minimum absolute atomic E-state index is 0.0860. The normalized spacial score (nSPS) is 56.0. The maximum absolute atomic E-state index is 12.2. The Balaban J connectivity index is 1.70. The second-order valence-corrected chi connectivity index (χ2v) is 9.82. The number of carbonyl (C=O) groups excluding carboxylic acids is 1. The average molecular weight is 319 g/mol. The molecule has 0 radical (unpaired) electrons. The number of nitrogens with zero attached hydrogens (tertiary/aromatic N) is 1. The molecule has 3 saturated carbocycles. The molecule has 1 heterocycles. The summed E-state index contributed by atoms with van der Waals surface area (Å²) in [5, 5.41) is 10.3. The number of likely N-dealkylation sites (tertiary alicyclic amines) is 1. The summed E-state index contributed by atoms with van der Waals surface area (Å²) in [5.74, 6) is 3.17. The van der Waals surface area contributed by atoms with Crippen molar-refractivity contribution in [3.05, 3.63) is 0 Å². The summed E-state index contributed by atoms with van der Waals surface area (Å²) >= 11 is 0. The van der Waals surface area contributed by atoms with Gasteiger partial charge in [-0.25, -0.2) is 0 Å². The first kappa shape index (κ1) is 15.9. The van der Waals surface area contributed by atoms with Gasteiger partial charge in [0.25, 0.3) is 0 Å². The highest BCUT2D eigenvalue weighted by atomic mass is 16.3. The molecule has 1 aliphatic heterocycles. The van der Waals surface area contributed by atoms with Crippen molar-refractivity contribution in [2.45, 2.75) is 77.9 Å². The summed E-state index contributed by atoms with van der Waals surface area (Å²) in [7, 11) is 2.03. The van der Waals surface area contributed by atoms with Crippen molar-refractivity contribution in [2.24, 2.45) is 34.5 Å².